The summed E-state index contributed by atoms with van der Waals surface area (Å²) in [6, 6.07) is 0.284. The standard InChI is InChI=1S/C11H20N/c12-10-6-2-5-9-11(10)7-3-1-4-8-11/h10,12H,1-9H2. The van der Waals surface area contributed by atoms with Crippen LogP contribution in [0.25, 0.3) is 0 Å². The van der Waals surface area contributed by atoms with Crippen LogP contribution in [-0.4, -0.2) is 6.04 Å². The molecule has 1 spiro atoms. The van der Waals surface area contributed by atoms with Gasteiger partial charge in [-0.25, -0.2) is 0 Å². The summed E-state index contributed by atoms with van der Waals surface area (Å²) in [5.74, 6) is 0. The summed E-state index contributed by atoms with van der Waals surface area (Å²) in [7, 11) is 0. The maximum Gasteiger partial charge on any atom is 0.0269 e. The van der Waals surface area contributed by atoms with Crippen molar-refractivity contribution in [1.82, 2.24) is 5.73 Å². The van der Waals surface area contributed by atoms with Gasteiger partial charge in [-0.15, -0.1) is 0 Å². The van der Waals surface area contributed by atoms with Gasteiger partial charge in [-0.3, -0.25) is 5.73 Å². The van der Waals surface area contributed by atoms with Gasteiger partial charge < -0.3 is 0 Å². The van der Waals surface area contributed by atoms with E-state index in [1.165, 1.54) is 57.8 Å². The molecule has 2 fully saturated rings. The second-order valence-electron chi connectivity index (χ2n) is 4.72. The molecule has 12 heavy (non-hydrogen) atoms. The summed E-state index contributed by atoms with van der Waals surface area (Å²) in [5.41, 5.74) is 8.60. The van der Waals surface area contributed by atoms with E-state index in [0.717, 1.165) is 0 Å². The Morgan fingerprint density at radius 2 is 1.42 bits per heavy atom. The smallest absolute Gasteiger partial charge is 0.0269 e. The van der Waals surface area contributed by atoms with Crippen molar-refractivity contribution >= 4 is 0 Å². The van der Waals surface area contributed by atoms with Gasteiger partial charge in [0.1, 0.15) is 0 Å². The Labute approximate surface area is 75.7 Å². The summed E-state index contributed by atoms with van der Waals surface area (Å²) < 4.78 is 0. The molecule has 0 aromatic rings. The fraction of sp³-hybridized carbons (Fsp3) is 1.00. The van der Waals surface area contributed by atoms with E-state index >= 15 is 0 Å². The predicted octanol–water partition coefficient (Wildman–Crippen LogP) is 3.16. The Kier molecular flexibility index (Phi) is 2.40. The lowest BCUT2D eigenvalue weighted by atomic mass is 9.63. The summed E-state index contributed by atoms with van der Waals surface area (Å²) >= 11 is 0. The third-order valence-electron chi connectivity index (χ3n) is 4.01. The number of nitrogens with one attached hydrogen (secondary N) is 1. The van der Waals surface area contributed by atoms with Gasteiger partial charge >= 0.3 is 0 Å². The third-order valence-corrected chi connectivity index (χ3v) is 4.01. The second kappa shape index (κ2) is 3.37. The summed E-state index contributed by atoms with van der Waals surface area (Å²) in [4.78, 5) is 0. The maximum atomic E-state index is 8.11. The first-order chi connectivity index (χ1) is 5.83. The zero-order chi connectivity index (χ0) is 8.44. The van der Waals surface area contributed by atoms with Crippen molar-refractivity contribution in [1.29, 1.82) is 0 Å². The molecule has 0 saturated heterocycles. The van der Waals surface area contributed by atoms with Crippen molar-refractivity contribution in [2.24, 2.45) is 5.41 Å². The molecule has 1 N–H and O–H groups in total. The highest BCUT2D eigenvalue weighted by Crippen LogP contribution is 2.47. The number of rotatable bonds is 0. The van der Waals surface area contributed by atoms with Gasteiger partial charge in [-0.05, 0) is 31.1 Å². The van der Waals surface area contributed by atoms with Crippen molar-refractivity contribution in [3.63, 3.8) is 0 Å². The second-order valence-corrected chi connectivity index (χ2v) is 4.72. The van der Waals surface area contributed by atoms with Crippen LogP contribution in [0, 0.1) is 5.41 Å². The van der Waals surface area contributed by atoms with Crippen LogP contribution in [0.3, 0.4) is 0 Å². The fourth-order valence-corrected chi connectivity index (χ4v) is 3.16. The molecular weight excluding hydrogens is 146 g/mol. The first kappa shape index (κ1) is 8.55. The van der Waals surface area contributed by atoms with E-state index in [9.17, 15) is 0 Å². The van der Waals surface area contributed by atoms with E-state index in [1.807, 2.05) is 0 Å². The summed E-state index contributed by atoms with van der Waals surface area (Å²) in [6.07, 6.45) is 12.2. The fourth-order valence-electron chi connectivity index (χ4n) is 3.16. The number of hydrogen-bond donors (Lipinski definition) is 0. The van der Waals surface area contributed by atoms with Crippen molar-refractivity contribution in [2.75, 3.05) is 0 Å². The van der Waals surface area contributed by atoms with Crippen molar-refractivity contribution in [3.05, 3.63) is 0 Å². The molecule has 2 aliphatic rings. The number of hydrogen-bond acceptors (Lipinski definition) is 0. The molecular formula is C11H20N. The van der Waals surface area contributed by atoms with Crippen LogP contribution in [0.2, 0.25) is 0 Å². The van der Waals surface area contributed by atoms with Crippen molar-refractivity contribution in [2.45, 2.75) is 63.8 Å². The van der Waals surface area contributed by atoms with Crippen LogP contribution in [0.15, 0.2) is 0 Å². The van der Waals surface area contributed by atoms with E-state index < -0.39 is 0 Å². The lowest BCUT2D eigenvalue weighted by Gasteiger charge is -2.44. The van der Waals surface area contributed by atoms with E-state index in [2.05, 4.69) is 0 Å². The van der Waals surface area contributed by atoms with Gasteiger partial charge in [-0.2, -0.15) is 0 Å². The maximum absolute atomic E-state index is 8.11. The zero-order valence-corrected chi connectivity index (χ0v) is 7.94. The first-order valence-electron chi connectivity index (χ1n) is 5.55. The minimum absolute atomic E-state index is 0.284. The molecule has 0 aliphatic heterocycles. The van der Waals surface area contributed by atoms with Gasteiger partial charge in [-0.1, -0.05) is 32.1 Å². The highest BCUT2D eigenvalue weighted by atomic mass is 14.7. The molecule has 0 amide bonds. The SMILES string of the molecule is [NH]C1CCCCC12CCCCC2. The van der Waals surface area contributed by atoms with Crippen LogP contribution < -0.4 is 5.73 Å². The average molecular weight is 166 g/mol. The highest BCUT2D eigenvalue weighted by molar-refractivity contribution is 4.93. The van der Waals surface area contributed by atoms with Gasteiger partial charge in [0.05, 0.1) is 0 Å². The zero-order valence-electron chi connectivity index (χ0n) is 7.94. The molecule has 1 heteroatoms. The Bertz CT molecular complexity index is 139. The van der Waals surface area contributed by atoms with E-state index in [4.69, 9.17) is 5.73 Å². The van der Waals surface area contributed by atoms with Crippen LogP contribution >= 0.6 is 0 Å². The minimum atomic E-state index is 0.284. The predicted molar refractivity (Wildman–Crippen MR) is 50.9 cm³/mol. The van der Waals surface area contributed by atoms with Gasteiger partial charge in [0.2, 0.25) is 0 Å². The lowest BCUT2D eigenvalue weighted by Crippen LogP contribution is -2.40. The lowest BCUT2D eigenvalue weighted by molar-refractivity contribution is 0.0922. The normalized spacial score (nSPS) is 35.2. The molecule has 0 bridgehead atoms. The summed E-state index contributed by atoms with van der Waals surface area (Å²) in [5, 5.41) is 0. The van der Waals surface area contributed by atoms with Crippen LogP contribution in [0.5, 0.6) is 0 Å². The highest BCUT2D eigenvalue weighted by Gasteiger charge is 2.39. The topological polar surface area (TPSA) is 23.8 Å². The molecule has 1 unspecified atom stereocenters. The van der Waals surface area contributed by atoms with E-state index in [-0.39, 0.29) is 6.04 Å². The Balaban J connectivity index is 2.04. The van der Waals surface area contributed by atoms with Gasteiger partial charge in [0.15, 0.2) is 0 Å². The van der Waals surface area contributed by atoms with Crippen LogP contribution in [0.4, 0.5) is 0 Å². The molecule has 2 aliphatic carbocycles. The Morgan fingerprint density at radius 3 is 2.00 bits per heavy atom. The van der Waals surface area contributed by atoms with Crippen molar-refractivity contribution < 1.29 is 0 Å². The molecule has 2 rings (SSSR count). The summed E-state index contributed by atoms with van der Waals surface area (Å²) in [6.45, 7) is 0. The van der Waals surface area contributed by atoms with Crippen LogP contribution in [0.1, 0.15) is 57.8 Å². The van der Waals surface area contributed by atoms with E-state index in [0.29, 0.717) is 5.41 Å². The Morgan fingerprint density at radius 1 is 0.833 bits per heavy atom. The van der Waals surface area contributed by atoms with Gasteiger partial charge in [0, 0.05) is 6.04 Å². The quantitative estimate of drug-likeness (QED) is 0.528. The van der Waals surface area contributed by atoms with Gasteiger partial charge in [0.25, 0.3) is 0 Å². The average Bonchev–Trinajstić information content (AvgIpc) is 2.12. The molecule has 2 saturated carbocycles. The molecule has 1 atom stereocenters. The molecule has 1 nitrogen and oxygen atoms in total. The molecule has 1 radical (unpaired) electrons. The molecule has 0 heterocycles. The molecule has 0 aromatic heterocycles. The minimum Gasteiger partial charge on any atom is -0.254 e. The van der Waals surface area contributed by atoms with Crippen molar-refractivity contribution in [3.8, 4) is 0 Å². The van der Waals surface area contributed by atoms with E-state index in [1.54, 1.807) is 0 Å². The third kappa shape index (κ3) is 1.39. The molecule has 0 aromatic carbocycles. The largest absolute Gasteiger partial charge is 0.254 e. The Hall–Kier alpha value is -0.0400. The first-order valence-corrected chi connectivity index (χ1v) is 5.55. The van der Waals surface area contributed by atoms with Crippen LogP contribution in [-0.2, 0) is 0 Å². The molecule has 69 valence electrons. The monoisotopic (exact) mass is 166 g/mol.